The number of benzene rings is 1. The monoisotopic (exact) mass is 296 g/mol. The van der Waals surface area contributed by atoms with E-state index in [-0.39, 0.29) is 5.69 Å². The van der Waals surface area contributed by atoms with Gasteiger partial charge in [-0.3, -0.25) is 10.1 Å². The van der Waals surface area contributed by atoms with Crippen LogP contribution in [0.15, 0.2) is 18.2 Å². The van der Waals surface area contributed by atoms with Crippen molar-refractivity contribution < 1.29 is 14.4 Å². The smallest absolute Gasteiger partial charge is 0.269 e. The molecule has 0 aliphatic carbocycles. The maximum Gasteiger partial charge on any atom is 0.269 e. The van der Waals surface area contributed by atoms with Gasteiger partial charge in [-0.1, -0.05) is 13.8 Å². The van der Waals surface area contributed by atoms with Crippen molar-refractivity contribution in [2.24, 2.45) is 0 Å². The van der Waals surface area contributed by atoms with Gasteiger partial charge in [0.2, 0.25) is 0 Å². The summed E-state index contributed by atoms with van der Waals surface area (Å²) in [6.07, 6.45) is 1.97. The molecule has 0 fully saturated rings. The summed E-state index contributed by atoms with van der Waals surface area (Å²) in [5, 5.41) is 14.1. The maximum atomic E-state index is 10.9. The van der Waals surface area contributed by atoms with Gasteiger partial charge >= 0.3 is 0 Å². The summed E-state index contributed by atoms with van der Waals surface area (Å²) in [4.78, 5) is 10.5. The van der Waals surface area contributed by atoms with Crippen molar-refractivity contribution in [3.8, 4) is 0 Å². The Kier molecular flexibility index (Phi) is 8.38. The first-order valence-electron chi connectivity index (χ1n) is 7.35. The third kappa shape index (κ3) is 6.55. The predicted octanol–water partition coefficient (Wildman–Crippen LogP) is 3.36. The summed E-state index contributed by atoms with van der Waals surface area (Å²) < 4.78 is 10.9. The highest BCUT2D eigenvalue weighted by molar-refractivity contribution is 5.55. The average molecular weight is 296 g/mol. The van der Waals surface area contributed by atoms with E-state index < -0.39 is 4.92 Å². The number of hydrogen-bond donors (Lipinski definition) is 1. The molecule has 1 aromatic rings. The fraction of sp³-hybridized carbons (Fsp3) is 0.600. The highest BCUT2D eigenvalue weighted by Crippen LogP contribution is 2.23. The number of hydrogen-bond acceptors (Lipinski definition) is 5. The number of nitro benzene ring substituents is 1. The van der Waals surface area contributed by atoms with E-state index in [0.29, 0.717) is 19.8 Å². The third-order valence-corrected chi connectivity index (χ3v) is 2.84. The van der Waals surface area contributed by atoms with Gasteiger partial charge in [-0.25, -0.2) is 0 Å². The van der Waals surface area contributed by atoms with Crippen LogP contribution < -0.4 is 5.32 Å². The van der Waals surface area contributed by atoms with Gasteiger partial charge in [0.25, 0.3) is 5.69 Å². The fourth-order valence-electron chi connectivity index (χ4n) is 1.79. The molecule has 0 amide bonds. The van der Waals surface area contributed by atoms with Gasteiger partial charge in [-0.05, 0) is 18.9 Å². The zero-order chi connectivity index (χ0) is 15.5. The highest BCUT2D eigenvalue weighted by Gasteiger charge is 2.10. The molecule has 1 rings (SSSR count). The molecule has 6 heteroatoms. The zero-order valence-corrected chi connectivity index (χ0v) is 12.8. The van der Waals surface area contributed by atoms with Crippen molar-refractivity contribution in [2.45, 2.75) is 33.3 Å². The van der Waals surface area contributed by atoms with Gasteiger partial charge in [-0.2, -0.15) is 0 Å². The summed E-state index contributed by atoms with van der Waals surface area (Å²) in [6, 6.07) is 4.80. The first-order chi connectivity index (χ1) is 10.2. The number of nitro groups is 1. The Morgan fingerprint density at radius 3 is 2.57 bits per heavy atom. The third-order valence-electron chi connectivity index (χ3n) is 2.84. The Balaban J connectivity index is 2.58. The minimum absolute atomic E-state index is 0.0814. The van der Waals surface area contributed by atoms with Gasteiger partial charge in [-0.15, -0.1) is 0 Å². The summed E-state index contributed by atoms with van der Waals surface area (Å²) in [5.41, 5.74) is 1.77. The first-order valence-corrected chi connectivity index (χ1v) is 7.35. The van der Waals surface area contributed by atoms with E-state index >= 15 is 0 Å². The second kappa shape index (κ2) is 10.1. The highest BCUT2D eigenvalue weighted by atomic mass is 16.6. The lowest BCUT2D eigenvalue weighted by Gasteiger charge is -2.12. The summed E-state index contributed by atoms with van der Waals surface area (Å²) in [7, 11) is 0. The van der Waals surface area contributed by atoms with Crippen molar-refractivity contribution in [3.63, 3.8) is 0 Å². The minimum atomic E-state index is -0.391. The first kappa shape index (κ1) is 17.4. The van der Waals surface area contributed by atoms with Crippen LogP contribution in [0.25, 0.3) is 0 Å². The molecule has 0 spiro atoms. The summed E-state index contributed by atoms with van der Waals surface area (Å²) >= 11 is 0. The molecule has 0 bridgehead atoms. The number of anilines is 1. The van der Waals surface area contributed by atoms with E-state index in [2.05, 4.69) is 19.2 Å². The largest absolute Gasteiger partial charge is 0.385 e. The summed E-state index contributed by atoms with van der Waals surface area (Å²) in [6.45, 7) is 7.03. The van der Waals surface area contributed by atoms with Crippen molar-refractivity contribution in [2.75, 3.05) is 31.7 Å². The van der Waals surface area contributed by atoms with E-state index in [4.69, 9.17) is 9.47 Å². The molecule has 0 aromatic heterocycles. The molecule has 0 atom stereocenters. The van der Waals surface area contributed by atoms with Crippen molar-refractivity contribution >= 4 is 11.4 Å². The van der Waals surface area contributed by atoms with Crippen LogP contribution in [0.5, 0.6) is 0 Å². The van der Waals surface area contributed by atoms with Crippen molar-refractivity contribution in [1.29, 1.82) is 0 Å². The van der Waals surface area contributed by atoms with E-state index in [1.165, 1.54) is 6.07 Å². The van der Waals surface area contributed by atoms with Crippen LogP contribution in [0.4, 0.5) is 11.4 Å². The lowest BCUT2D eigenvalue weighted by atomic mass is 10.1. The maximum absolute atomic E-state index is 10.9. The molecular formula is C15H24N2O4. The Hall–Kier alpha value is -1.66. The van der Waals surface area contributed by atoms with Crippen LogP contribution in [-0.4, -0.2) is 31.3 Å². The Labute approximate surface area is 125 Å². The van der Waals surface area contributed by atoms with E-state index in [0.717, 1.165) is 37.2 Å². The Morgan fingerprint density at radius 2 is 1.90 bits per heavy atom. The van der Waals surface area contributed by atoms with E-state index in [1.807, 2.05) is 0 Å². The second-order valence-electron chi connectivity index (χ2n) is 4.69. The normalized spacial score (nSPS) is 10.6. The van der Waals surface area contributed by atoms with E-state index in [1.54, 1.807) is 12.1 Å². The average Bonchev–Trinajstić information content (AvgIpc) is 2.49. The molecule has 0 aliphatic rings. The molecule has 21 heavy (non-hydrogen) atoms. The minimum Gasteiger partial charge on any atom is -0.385 e. The van der Waals surface area contributed by atoms with Crippen LogP contribution in [0, 0.1) is 10.1 Å². The second-order valence-corrected chi connectivity index (χ2v) is 4.69. The van der Waals surface area contributed by atoms with Crippen LogP contribution in [0.1, 0.15) is 32.3 Å². The fourth-order valence-corrected chi connectivity index (χ4v) is 1.79. The topological polar surface area (TPSA) is 73.6 Å². The number of nitrogens with zero attached hydrogens (tertiary/aromatic N) is 1. The number of non-ortho nitro benzene ring substituents is 1. The molecule has 118 valence electrons. The molecule has 0 unspecified atom stereocenters. The molecule has 1 N–H and O–H groups in total. The standard InChI is InChI=1S/C15H24N2O4/c1-3-7-16-15-6-5-14(17(18)19)11-13(15)12-21-10-9-20-8-4-2/h5-6,11,16H,3-4,7-10,12H2,1-2H3. The molecule has 0 heterocycles. The number of nitrogens with one attached hydrogen (secondary N) is 1. The zero-order valence-electron chi connectivity index (χ0n) is 12.8. The molecule has 0 saturated carbocycles. The SMILES string of the molecule is CCCNc1ccc([N+](=O)[O-])cc1COCCOCCC. The van der Waals surface area contributed by atoms with Gasteiger partial charge in [0.05, 0.1) is 24.7 Å². The van der Waals surface area contributed by atoms with E-state index in [9.17, 15) is 10.1 Å². The van der Waals surface area contributed by atoms with Crippen LogP contribution in [-0.2, 0) is 16.1 Å². The number of ether oxygens (including phenoxy) is 2. The molecule has 0 radical (unpaired) electrons. The van der Waals surface area contributed by atoms with Crippen LogP contribution in [0.2, 0.25) is 0 Å². The van der Waals surface area contributed by atoms with Crippen molar-refractivity contribution in [3.05, 3.63) is 33.9 Å². The molecule has 0 saturated heterocycles. The molecule has 1 aromatic carbocycles. The Morgan fingerprint density at radius 1 is 1.14 bits per heavy atom. The van der Waals surface area contributed by atoms with Gasteiger partial charge in [0.15, 0.2) is 0 Å². The molecule has 0 aliphatic heterocycles. The summed E-state index contributed by atoms with van der Waals surface area (Å²) in [5.74, 6) is 0. The lowest BCUT2D eigenvalue weighted by molar-refractivity contribution is -0.384. The van der Waals surface area contributed by atoms with Crippen molar-refractivity contribution in [1.82, 2.24) is 0 Å². The molecule has 6 nitrogen and oxygen atoms in total. The quantitative estimate of drug-likeness (QED) is 0.385. The van der Waals surface area contributed by atoms with Crippen LogP contribution in [0.3, 0.4) is 0 Å². The number of rotatable bonds is 11. The van der Waals surface area contributed by atoms with Crippen LogP contribution >= 0.6 is 0 Å². The Bertz CT molecular complexity index is 438. The predicted molar refractivity (Wildman–Crippen MR) is 82.6 cm³/mol. The van der Waals surface area contributed by atoms with Gasteiger partial charge in [0.1, 0.15) is 0 Å². The lowest BCUT2D eigenvalue weighted by Crippen LogP contribution is -2.08. The van der Waals surface area contributed by atoms with Gasteiger partial charge < -0.3 is 14.8 Å². The molecular weight excluding hydrogens is 272 g/mol. The van der Waals surface area contributed by atoms with Gasteiger partial charge in [0, 0.05) is 36.5 Å².